The maximum Gasteiger partial charge on any atom is 0.222 e. The Morgan fingerprint density at radius 2 is 0.878 bits per heavy atom. The number of rotatable bonds is 38. The van der Waals surface area contributed by atoms with E-state index in [1.807, 2.05) is 6.08 Å². The van der Waals surface area contributed by atoms with Gasteiger partial charge in [0.05, 0.1) is 31.3 Å². The summed E-state index contributed by atoms with van der Waals surface area (Å²) in [5, 5.41) is 33.0. The van der Waals surface area contributed by atoms with Crippen LogP contribution in [-0.2, 0) is 4.79 Å². The maximum atomic E-state index is 12.4. The SMILES string of the molecule is CCCCC/C=C/CC/C=C/C(O)C(CO)NC(=O)CC(O)CCCCCCCCCCC/C=C\CCCCCCCCCCCCCC. The molecule has 0 aliphatic heterocycles. The number of carbonyl (C=O) groups is 1. The van der Waals surface area contributed by atoms with Gasteiger partial charge in [-0.2, -0.15) is 0 Å². The van der Waals surface area contributed by atoms with E-state index in [2.05, 4.69) is 43.5 Å². The first kappa shape index (κ1) is 47.6. The van der Waals surface area contributed by atoms with Crippen LogP contribution in [0, 0.1) is 0 Å². The van der Waals surface area contributed by atoms with Crippen LogP contribution < -0.4 is 5.32 Å². The van der Waals surface area contributed by atoms with Crippen molar-refractivity contribution in [2.75, 3.05) is 6.61 Å². The van der Waals surface area contributed by atoms with Crippen molar-refractivity contribution in [3.63, 3.8) is 0 Å². The predicted molar refractivity (Wildman–Crippen MR) is 213 cm³/mol. The number of hydrogen-bond donors (Lipinski definition) is 4. The zero-order valence-corrected chi connectivity index (χ0v) is 32.6. The molecule has 0 aromatic heterocycles. The number of hydrogen-bond acceptors (Lipinski definition) is 4. The Morgan fingerprint density at radius 3 is 1.35 bits per heavy atom. The molecule has 3 unspecified atom stereocenters. The Kier molecular flexibility index (Phi) is 38.2. The van der Waals surface area contributed by atoms with Crippen molar-refractivity contribution in [1.29, 1.82) is 0 Å². The zero-order chi connectivity index (χ0) is 35.9. The first-order chi connectivity index (χ1) is 24.0. The lowest BCUT2D eigenvalue weighted by Gasteiger charge is -2.21. The minimum atomic E-state index is -0.949. The number of nitrogens with one attached hydrogen (secondary N) is 1. The molecule has 0 rings (SSSR count). The van der Waals surface area contributed by atoms with Crippen LogP contribution in [0.1, 0.15) is 213 Å². The molecule has 3 atom stereocenters. The Hall–Kier alpha value is -1.43. The fraction of sp³-hybridized carbons (Fsp3) is 0.841. The molecule has 0 aromatic rings. The third-order valence-electron chi connectivity index (χ3n) is 9.65. The second-order valence-electron chi connectivity index (χ2n) is 14.6. The van der Waals surface area contributed by atoms with Crippen molar-refractivity contribution in [3.05, 3.63) is 36.5 Å². The van der Waals surface area contributed by atoms with Crippen LogP contribution >= 0.6 is 0 Å². The molecular weight excluding hydrogens is 606 g/mol. The lowest BCUT2D eigenvalue weighted by Crippen LogP contribution is -2.45. The van der Waals surface area contributed by atoms with E-state index in [4.69, 9.17) is 0 Å². The highest BCUT2D eigenvalue weighted by molar-refractivity contribution is 5.76. The number of unbranched alkanes of at least 4 members (excludes halogenated alkanes) is 25. The van der Waals surface area contributed by atoms with Gasteiger partial charge in [0.25, 0.3) is 0 Å². The van der Waals surface area contributed by atoms with Gasteiger partial charge in [-0.25, -0.2) is 0 Å². The fourth-order valence-corrected chi connectivity index (χ4v) is 6.35. The molecule has 0 radical (unpaired) electrons. The molecule has 0 saturated carbocycles. The Morgan fingerprint density at radius 1 is 0.510 bits per heavy atom. The van der Waals surface area contributed by atoms with Gasteiger partial charge in [-0.3, -0.25) is 4.79 Å². The van der Waals surface area contributed by atoms with Crippen LogP contribution in [0.5, 0.6) is 0 Å². The maximum absolute atomic E-state index is 12.4. The average molecular weight is 690 g/mol. The second kappa shape index (κ2) is 39.4. The van der Waals surface area contributed by atoms with Crippen molar-refractivity contribution >= 4 is 5.91 Å². The van der Waals surface area contributed by atoms with E-state index in [1.54, 1.807) is 6.08 Å². The molecule has 0 aromatic carbocycles. The number of aliphatic hydroxyl groups is 3. The third-order valence-corrected chi connectivity index (χ3v) is 9.65. The molecule has 5 nitrogen and oxygen atoms in total. The van der Waals surface area contributed by atoms with E-state index >= 15 is 0 Å². The van der Waals surface area contributed by atoms with Crippen LogP contribution in [0.15, 0.2) is 36.5 Å². The van der Waals surface area contributed by atoms with E-state index in [0.29, 0.717) is 6.42 Å². The van der Waals surface area contributed by atoms with Gasteiger partial charge < -0.3 is 20.6 Å². The number of allylic oxidation sites excluding steroid dienone is 5. The van der Waals surface area contributed by atoms with Gasteiger partial charge in [0.1, 0.15) is 0 Å². The molecule has 0 aliphatic rings. The minimum absolute atomic E-state index is 0.00432. The van der Waals surface area contributed by atoms with Gasteiger partial charge in [-0.05, 0) is 57.8 Å². The van der Waals surface area contributed by atoms with Gasteiger partial charge in [0.2, 0.25) is 5.91 Å². The Labute approximate surface area is 304 Å². The first-order valence-electron chi connectivity index (χ1n) is 21.3. The molecule has 0 aliphatic carbocycles. The smallest absolute Gasteiger partial charge is 0.222 e. The van der Waals surface area contributed by atoms with E-state index in [1.165, 1.54) is 154 Å². The standard InChI is InChI=1S/C44H83NO4/c1-3-5-7-9-11-13-14-15-16-17-18-19-20-21-22-23-24-25-26-27-28-30-31-33-35-37-41(47)39-44(49)45-42(40-46)43(48)38-36-34-32-29-12-10-8-6-4-2/h12,21-22,29,36,38,41-43,46-48H,3-11,13-20,23-28,30-35,37,39-40H2,1-2H3,(H,45,49)/b22-21-,29-12+,38-36+. The molecule has 4 N–H and O–H groups in total. The van der Waals surface area contributed by atoms with E-state index in [-0.39, 0.29) is 18.9 Å². The first-order valence-corrected chi connectivity index (χ1v) is 21.3. The van der Waals surface area contributed by atoms with Crippen LogP contribution in [0.3, 0.4) is 0 Å². The van der Waals surface area contributed by atoms with Crippen LogP contribution in [0.2, 0.25) is 0 Å². The lowest BCUT2D eigenvalue weighted by atomic mass is 10.0. The second-order valence-corrected chi connectivity index (χ2v) is 14.6. The quantitative estimate of drug-likeness (QED) is 0.0384. The molecule has 0 fully saturated rings. The van der Waals surface area contributed by atoms with Crippen molar-refractivity contribution in [2.45, 2.75) is 231 Å². The fourth-order valence-electron chi connectivity index (χ4n) is 6.35. The average Bonchev–Trinajstić information content (AvgIpc) is 3.09. The molecule has 49 heavy (non-hydrogen) atoms. The minimum Gasteiger partial charge on any atom is -0.394 e. The van der Waals surface area contributed by atoms with Gasteiger partial charge in [-0.1, -0.05) is 185 Å². The Balaban J connectivity index is 3.58. The molecular formula is C44H83NO4. The van der Waals surface area contributed by atoms with Gasteiger partial charge >= 0.3 is 0 Å². The summed E-state index contributed by atoms with van der Waals surface area (Å²) in [4.78, 5) is 12.4. The van der Waals surface area contributed by atoms with Crippen molar-refractivity contribution in [3.8, 4) is 0 Å². The summed E-state index contributed by atoms with van der Waals surface area (Å²) in [6, 6.07) is -0.758. The summed E-state index contributed by atoms with van der Waals surface area (Å²) in [6.07, 6.45) is 48.8. The molecule has 0 saturated heterocycles. The number of aliphatic hydroxyl groups excluding tert-OH is 3. The van der Waals surface area contributed by atoms with Crippen molar-refractivity contribution in [1.82, 2.24) is 5.32 Å². The van der Waals surface area contributed by atoms with Gasteiger partial charge in [0, 0.05) is 0 Å². The summed E-state index contributed by atoms with van der Waals surface area (Å²) in [7, 11) is 0. The molecule has 0 bridgehead atoms. The summed E-state index contributed by atoms with van der Waals surface area (Å²) in [5.74, 6) is -0.330. The van der Waals surface area contributed by atoms with E-state index in [9.17, 15) is 20.1 Å². The van der Waals surface area contributed by atoms with Crippen molar-refractivity contribution in [2.24, 2.45) is 0 Å². The van der Waals surface area contributed by atoms with Crippen LogP contribution in [0.25, 0.3) is 0 Å². The normalized spacial score (nSPS) is 14.0. The number of amides is 1. The molecule has 0 spiro atoms. The largest absolute Gasteiger partial charge is 0.394 e. The summed E-state index contributed by atoms with van der Waals surface area (Å²) < 4.78 is 0. The highest BCUT2D eigenvalue weighted by atomic mass is 16.3. The topological polar surface area (TPSA) is 89.8 Å². The van der Waals surface area contributed by atoms with Crippen LogP contribution in [0.4, 0.5) is 0 Å². The summed E-state index contributed by atoms with van der Waals surface area (Å²) in [5.41, 5.74) is 0. The summed E-state index contributed by atoms with van der Waals surface area (Å²) in [6.45, 7) is 4.14. The Bertz CT molecular complexity index is 764. The van der Waals surface area contributed by atoms with Crippen molar-refractivity contribution < 1.29 is 20.1 Å². The van der Waals surface area contributed by atoms with E-state index in [0.717, 1.165) is 32.1 Å². The highest BCUT2D eigenvalue weighted by Gasteiger charge is 2.20. The predicted octanol–water partition coefficient (Wildman–Crippen LogP) is 12.0. The monoisotopic (exact) mass is 690 g/mol. The van der Waals surface area contributed by atoms with Gasteiger partial charge in [0.15, 0.2) is 0 Å². The number of carbonyl (C=O) groups excluding carboxylic acids is 1. The summed E-state index contributed by atoms with van der Waals surface area (Å²) >= 11 is 0. The molecule has 288 valence electrons. The molecule has 5 heteroatoms. The third kappa shape index (κ3) is 36.2. The molecule has 1 amide bonds. The van der Waals surface area contributed by atoms with E-state index < -0.39 is 18.2 Å². The lowest BCUT2D eigenvalue weighted by molar-refractivity contribution is -0.124. The van der Waals surface area contributed by atoms with Crippen LogP contribution in [-0.4, -0.2) is 46.1 Å². The molecule has 0 heterocycles. The zero-order valence-electron chi connectivity index (χ0n) is 32.6. The van der Waals surface area contributed by atoms with Gasteiger partial charge in [-0.15, -0.1) is 0 Å². The highest BCUT2D eigenvalue weighted by Crippen LogP contribution is 2.15.